The lowest BCUT2D eigenvalue weighted by atomic mass is 10.3. The number of rotatable bonds is 4. The molecule has 0 aliphatic carbocycles. The second-order valence-corrected chi connectivity index (χ2v) is 5.37. The summed E-state index contributed by atoms with van der Waals surface area (Å²) in [7, 11) is -9.28. The van der Waals surface area contributed by atoms with E-state index in [-0.39, 0.29) is 16.4 Å². The normalized spacial score (nSPS) is 9.52. The topological polar surface area (TPSA) is 259 Å². The molecule has 1 rings (SSSR count). The van der Waals surface area contributed by atoms with E-state index in [0.717, 1.165) is 5.75 Å². The average Bonchev–Trinajstić information content (AvgIpc) is 2.32. The maximum absolute atomic E-state index is 8.88. The molecular weight excluding hydrogens is 386 g/mol. The van der Waals surface area contributed by atoms with E-state index in [2.05, 4.69) is 6.58 Å². The molecule has 0 saturated carbocycles. The summed E-state index contributed by atoms with van der Waals surface area (Å²) in [6, 6.07) is 9.73. The monoisotopic (exact) mass is 410 g/mol. The number of para-hydroxylation sites is 1. The van der Waals surface area contributed by atoms with Gasteiger partial charge >= 0.3 is 15.6 Å². The predicted molar refractivity (Wildman–Crippen MR) is 90.6 cm³/mol. The third-order valence-electron chi connectivity index (χ3n) is 1.36. The minimum Gasteiger partial charge on any atom is -0.490 e. The zero-order chi connectivity index (χ0) is 17.6. The van der Waals surface area contributed by atoms with Crippen LogP contribution in [0, 0.1) is 0 Å². The Labute approximate surface area is 143 Å². The zero-order valence-electron chi connectivity index (χ0n) is 12.8. The molecule has 0 unspecified atom stereocenters. The molecule has 12 N–H and O–H groups in total. The molecule has 1 aromatic rings. The third-order valence-corrected chi connectivity index (χ3v) is 1.36. The Morgan fingerprint density at radius 2 is 1.24 bits per heavy atom. The van der Waals surface area contributed by atoms with Crippen molar-refractivity contribution in [3.8, 4) is 5.75 Å². The lowest BCUT2D eigenvalue weighted by molar-refractivity contribution is 0.272. The lowest BCUT2D eigenvalue weighted by Gasteiger charge is -2.00. The molecule has 0 aromatic heterocycles. The molecule has 0 heterocycles. The summed E-state index contributed by atoms with van der Waals surface area (Å²) in [5.41, 5.74) is 0. The Balaban J connectivity index is -0.0000000882. The average molecular weight is 410 g/mol. The summed E-state index contributed by atoms with van der Waals surface area (Å²) >= 11 is 0. The van der Waals surface area contributed by atoms with Gasteiger partial charge in [0.05, 0.1) is 0 Å². The molecule has 0 spiro atoms. The maximum Gasteiger partial charge on any atom is 0.466 e. The highest BCUT2D eigenvalue weighted by Gasteiger charge is 2.00. The van der Waals surface area contributed by atoms with Gasteiger partial charge in [-0.1, -0.05) is 36.9 Å². The van der Waals surface area contributed by atoms with Crippen LogP contribution in [0.25, 0.3) is 0 Å². The van der Waals surface area contributed by atoms with Crippen molar-refractivity contribution in [1.82, 2.24) is 0 Å². The highest BCUT2D eigenvalue weighted by molar-refractivity contribution is 7.45. The SMILES string of the molecule is C=CC=CCOc1ccccc1.O.O.O.O=P(O)(O)O.O=P(O)(O)O. The van der Waals surface area contributed by atoms with E-state index in [1.807, 2.05) is 42.5 Å². The van der Waals surface area contributed by atoms with Crippen molar-refractivity contribution in [1.29, 1.82) is 0 Å². The molecule has 0 amide bonds. The van der Waals surface area contributed by atoms with Crippen LogP contribution in [0.2, 0.25) is 0 Å². The van der Waals surface area contributed by atoms with Crippen LogP contribution >= 0.6 is 15.6 Å². The molecule has 0 atom stereocenters. The minimum absolute atomic E-state index is 0. The van der Waals surface area contributed by atoms with Crippen molar-refractivity contribution < 1.29 is 59.7 Å². The molecule has 150 valence electrons. The van der Waals surface area contributed by atoms with Crippen molar-refractivity contribution in [2.24, 2.45) is 0 Å². The van der Waals surface area contributed by atoms with Crippen LogP contribution in [-0.4, -0.2) is 52.4 Å². The second-order valence-electron chi connectivity index (χ2n) is 3.31. The van der Waals surface area contributed by atoms with Crippen LogP contribution in [0.5, 0.6) is 5.75 Å². The molecule has 12 nitrogen and oxygen atoms in total. The Morgan fingerprint density at radius 3 is 1.56 bits per heavy atom. The quantitative estimate of drug-likeness (QED) is 0.248. The van der Waals surface area contributed by atoms with Gasteiger partial charge in [0.15, 0.2) is 0 Å². The predicted octanol–water partition coefficient (Wildman–Crippen LogP) is -1.52. The van der Waals surface area contributed by atoms with Gasteiger partial charge in [0.1, 0.15) is 12.4 Å². The Hall–Kier alpha value is -1.40. The fraction of sp³-hybridized carbons (Fsp3) is 0.0909. The summed E-state index contributed by atoms with van der Waals surface area (Å²) in [6.07, 6.45) is 5.51. The van der Waals surface area contributed by atoms with E-state index in [1.54, 1.807) is 6.08 Å². The molecule has 25 heavy (non-hydrogen) atoms. The van der Waals surface area contributed by atoms with Crippen molar-refractivity contribution in [2.45, 2.75) is 0 Å². The Bertz CT molecular complexity index is 485. The molecule has 0 bridgehead atoms. The summed E-state index contributed by atoms with van der Waals surface area (Å²) in [6.45, 7) is 4.16. The lowest BCUT2D eigenvalue weighted by Crippen LogP contribution is -1.91. The first-order valence-electron chi connectivity index (χ1n) is 5.45. The van der Waals surface area contributed by atoms with Crippen LogP contribution in [0.1, 0.15) is 0 Å². The molecule has 0 radical (unpaired) electrons. The number of allylic oxidation sites excluding steroid dienone is 2. The van der Waals surface area contributed by atoms with Gasteiger partial charge in [-0.15, -0.1) is 0 Å². The number of benzene rings is 1. The number of ether oxygens (including phenoxy) is 1. The van der Waals surface area contributed by atoms with Crippen molar-refractivity contribution in [3.05, 3.63) is 55.1 Å². The Morgan fingerprint density at radius 1 is 0.880 bits per heavy atom. The van der Waals surface area contributed by atoms with Crippen molar-refractivity contribution in [2.75, 3.05) is 6.61 Å². The standard InChI is InChI=1S/C11H12O.2H3O4P.3H2O/c1-2-3-7-10-12-11-8-5-4-6-9-11;2*1-5(2,3)4;;;/h2-9H,1,10H2;2*(H3,1,2,3,4);3*1H2. The summed E-state index contributed by atoms with van der Waals surface area (Å²) in [5.74, 6) is 0.895. The van der Waals surface area contributed by atoms with Crippen LogP contribution in [0.15, 0.2) is 55.1 Å². The van der Waals surface area contributed by atoms with Crippen LogP contribution in [0.4, 0.5) is 0 Å². The van der Waals surface area contributed by atoms with Crippen LogP contribution in [-0.2, 0) is 9.13 Å². The summed E-state index contributed by atoms with van der Waals surface area (Å²) in [5, 5.41) is 0. The van der Waals surface area contributed by atoms with Crippen LogP contribution < -0.4 is 4.74 Å². The number of phosphoric acid groups is 2. The molecule has 14 heteroatoms. The maximum atomic E-state index is 8.88. The first kappa shape index (κ1) is 34.8. The zero-order valence-corrected chi connectivity index (χ0v) is 14.6. The highest BCUT2D eigenvalue weighted by atomic mass is 31.2. The van der Waals surface area contributed by atoms with Crippen molar-refractivity contribution >= 4 is 15.6 Å². The number of hydrogen-bond donors (Lipinski definition) is 6. The van der Waals surface area contributed by atoms with Gasteiger partial charge in [0.2, 0.25) is 0 Å². The number of hydrogen-bond acceptors (Lipinski definition) is 3. The Kier molecular flexibility index (Phi) is 26.4. The van der Waals surface area contributed by atoms with Crippen LogP contribution in [0.3, 0.4) is 0 Å². The highest BCUT2D eigenvalue weighted by Crippen LogP contribution is 2.26. The van der Waals surface area contributed by atoms with Gasteiger partial charge in [-0.3, -0.25) is 0 Å². The van der Waals surface area contributed by atoms with E-state index in [9.17, 15) is 0 Å². The fourth-order valence-electron chi connectivity index (χ4n) is 0.813. The van der Waals surface area contributed by atoms with E-state index in [4.69, 9.17) is 43.2 Å². The van der Waals surface area contributed by atoms with Crippen molar-refractivity contribution in [3.63, 3.8) is 0 Å². The third kappa shape index (κ3) is 60.4. The molecule has 0 saturated heterocycles. The van der Waals surface area contributed by atoms with Gasteiger partial charge in [0, 0.05) is 0 Å². The fourth-order valence-corrected chi connectivity index (χ4v) is 0.813. The van der Waals surface area contributed by atoms with Gasteiger partial charge in [-0.25, -0.2) is 9.13 Å². The van der Waals surface area contributed by atoms with E-state index in [1.165, 1.54) is 0 Å². The van der Waals surface area contributed by atoms with Gasteiger partial charge in [-0.2, -0.15) is 0 Å². The van der Waals surface area contributed by atoms with E-state index >= 15 is 0 Å². The molecular formula is C11H24O12P2. The first-order valence-corrected chi connectivity index (χ1v) is 8.58. The van der Waals surface area contributed by atoms with Gasteiger partial charge < -0.3 is 50.5 Å². The summed E-state index contributed by atoms with van der Waals surface area (Å²) in [4.78, 5) is 43.1. The first-order chi connectivity index (χ1) is 9.93. The minimum atomic E-state index is -4.64. The second kappa shape index (κ2) is 18.9. The van der Waals surface area contributed by atoms with E-state index < -0.39 is 15.6 Å². The molecule has 0 aliphatic heterocycles. The largest absolute Gasteiger partial charge is 0.490 e. The summed E-state index contributed by atoms with van der Waals surface area (Å²) < 4.78 is 23.1. The molecule has 0 fully saturated rings. The van der Waals surface area contributed by atoms with E-state index in [0.29, 0.717) is 6.61 Å². The van der Waals surface area contributed by atoms with Gasteiger partial charge in [-0.05, 0) is 18.2 Å². The smallest absolute Gasteiger partial charge is 0.466 e. The molecule has 1 aromatic carbocycles. The van der Waals surface area contributed by atoms with Gasteiger partial charge in [0.25, 0.3) is 0 Å². The molecule has 0 aliphatic rings.